The first kappa shape index (κ1) is 16.3. The molecule has 1 saturated heterocycles. The minimum absolute atomic E-state index is 0.113. The zero-order valence-corrected chi connectivity index (χ0v) is 14.7. The number of rotatable bonds is 4. The maximum Gasteiger partial charge on any atom is 0.306 e. The van der Waals surface area contributed by atoms with Crippen molar-refractivity contribution in [1.82, 2.24) is 4.90 Å². The van der Waals surface area contributed by atoms with E-state index < -0.39 is 0 Å². The Kier molecular flexibility index (Phi) is 4.58. The monoisotopic (exact) mass is 335 g/mol. The summed E-state index contributed by atoms with van der Waals surface area (Å²) in [7, 11) is 1.47. The van der Waals surface area contributed by atoms with Crippen molar-refractivity contribution < 1.29 is 9.53 Å². The number of fused-ring (bicyclic) bond motifs is 2. The third kappa shape index (κ3) is 3.21. The van der Waals surface area contributed by atoms with E-state index in [0.717, 1.165) is 26.1 Å². The summed E-state index contributed by atoms with van der Waals surface area (Å²) in [5, 5.41) is 0. The van der Waals surface area contributed by atoms with Gasteiger partial charge in [-0.05, 0) is 34.9 Å². The second-order valence-electron chi connectivity index (χ2n) is 7.30. The van der Waals surface area contributed by atoms with Crippen LogP contribution < -0.4 is 0 Å². The van der Waals surface area contributed by atoms with Gasteiger partial charge in [-0.1, -0.05) is 54.6 Å². The van der Waals surface area contributed by atoms with Crippen molar-refractivity contribution in [3.8, 4) is 0 Å². The lowest BCUT2D eigenvalue weighted by atomic mass is 9.68. The Hall–Kier alpha value is -2.13. The molecule has 3 unspecified atom stereocenters. The largest absolute Gasteiger partial charge is 0.469 e. The molecule has 2 aromatic carbocycles. The maximum absolute atomic E-state index is 11.5. The van der Waals surface area contributed by atoms with E-state index in [4.69, 9.17) is 4.74 Å². The Balaban J connectivity index is 1.61. The highest BCUT2D eigenvalue weighted by atomic mass is 16.5. The van der Waals surface area contributed by atoms with Crippen molar-refractivity contribution in [2.45, 2.75) is 18.8 Å². The van der Waals surface area contributed by atoms with Crippen LogP contribution in [0.3, 0.4) is 0 Å². The van der Waals surface area contributed by atoms with Crippen LogP contribution in [0.25, 0.3) is 0 Å². The molecular formula is C22H25NO2. The summed E-state index contributed by atoms with van der Waals surface area (Å²) in [5.41, 5.74) is 4.40. The number of carbonyl (C=O) groups is 1. The van der Waals surface area contributed by atoms with Gasteiger partial charge in [-0.25, -0.2) is 0 Å². The topological polar surface area (TPSA) is 29.5 Å². The van der Waals surface area contributed by atoms with Crippen LogP contribution in [0.15, 0.2) is 54.6 Å². The first-order valence-corrected chi connectivity index (χ1v) is 9.18. The van der Waals surface area contributed by atoms with Crippen molar-refractivity contribution in [2.24, 2.45) is 11.8 Å². The molecule has 3 nitrogen and oxygen atoms in total. The second kappa shape index (κ2) is 7.01. The number of carbonyl (C=O) groups excluding carboxylic acids is 1. The molecule has 1 aliphatic carbocycles. The number of hydrogen-bond acceptors (Lipinski definition) is 3. The summed E-state index contributed by atoms with van der Waals surface area (Å²) >= 11 is 0. The summed E-state index contributed by atoms with van der Waals surface area (Å²) in [6.07, 6.45) is 1.64. The van der Waals surface area contributed by atoms with Crippen LogP contribution in [0.2, 0.25) is 0 Å². The van der Waals surface area contributed by atoms with Gasteiger partial charge >= 0.3 is 5.97 Å². The van der Waals surface area contributed by atoms with E-state index in [-0.39, 0.29) is 5.97 Å². The molecule has 1 aliphatic heterocycles. The van der Waals surface area contributed by atoms with E-state index in [1.807, 2.05) is 0 Å². The lowest BCUT2D eigenvalue weighted by Crippen LogP contribution is -2.29. The van der Waals surface area contributed by atoms with E-state index >= 15 is 0 Å². The number of nitrogens with zero attached hydrogens (tertiary/aromatic N) is 1. The van der Waals surface area contributed by atoms with Crippen LogP contribution in [-0.2, 0) is 16.0 Å². The van der Waals surface area contributed by atoms with Crippen molar-refractivity contribution in [2.75, 3.05) is 26.7 Å². The van der Waals surface area contributed by atoms with Gasteiger partial charge in [0, 0.05) is 25.6 Å². The van der Waals surface area contributed by atoms with Gasteiger partial charge in [0.2, 0.25) is 0 Å². The fourth-order valence-corrected chi connectivity index (χ4v) is 4.74. The first-order chi connectivity index (χ1) is 12.3. The van der Waals surface area contributed by atoms with E-state index in [1.165, 1.54) is 23.8 Å². The molecule has 1 fully saturated rings. The molecule has 1 heterocycles. The number of benzene rings is 2. The molecule has 0 amide bonds. The Labute approximate surface area is 149 Å². The van der Waals surface area contributed by atoms with E-state index in [9.17, 15) is 4.79 Å². The third-order valence-corrected chi connectivity index (χ3v) is 5.89. The van der Waals surface area contributed by atoms with Crippen LogP contribution in [0.5, 0.6) is 0 Å². The quantitative estimate of drug-likeness (QED) is 0.801. The van der Waals surface area contributed by atoms with Crippen molar-refractivity contribution >= 4 is 5.97 Å². The van der Waals surface area contributed by atoms with Gasteiger partial charge in [-0.3, -0.25) is 4.79 Å². The number of esters is 1. The molecule has 3 atom stereocenters. The van der Waals surface area contributed by atoms with Crippen LogP contribution in [-0.4, -0.2) is 37.6 Å². The molecule has 0 aromatic heterocycles. The van der Waals surface area contributed by atoms with Crippen LogP contribution >= 0.6 is 0 Å². The fourth-order valence-electron chi connectivity index (χ4n) is 4.74. The molecule has 2 aliphatic rings. The minimum atomic E-state index is -0.113. The van der Waals surface area contributed by atoms with Gasteiger partial charge in [0.15, 0.2) is 0 Å². The van der Waals surface area contributed by atoms with E-state index in [1.54, 1.807) is 0 Å². The highest BCUT2D eigenvalue weighted by molar-refractivity contribution is 5.69. The molecule has 0 N–H and O–H groups in total. The normalized spacial score (nSPS) is 25.2. The molecule has 0 radical (unpaired) electrons. The average molecular weight is 335 g/mol. The zero-order chi connectivity index (χ0) is 17.2. The van der Waals surface area contributed by atoms with Crippen LogP contribution in [0, 0.1) is 11.8 Å². The number of likely N-dealkylation sites (tertiary alicyclic amines) is 1. The summed E-state index contributed by atoms with van der Waals surface area (Å²) < 4.78 is 4.80. The molecule has 130 valence electrons. The SMILES string of the molecule is COC(=O)CCN1CC2Cc3ccccc3C(c3ccccc3)C2C1. The Morgan fingerprint density at radius 2 is 1.84 bits per heavy atom. The smallest absolute Gasteiger partial charge is 0.306 e. The van der Waals surface area contributed by atoms with Gasteiger partial charge < -0.3 is 9.64 Å². The molecule has 0 bridgehead atoms. The van der Waals surface area contributed by atoms with Gasteiger partial charge in [0.1, 0.15) is 0 Å². The van der Waals surface area contributed by atoms with Crippen LogP contribution in [0.1, 0.15) is 29.0 Å². The zero-order valence-electron chi connectivity index (χ0n) is 14.7. The fraction of sp³-hybridized carbons (Fsp3) is 0.409. The molecule has 4 rings (SSSR count). The Bertz CT molecular complexity index is 743. The number of hydrogen-bond donors (Lipinski definition) is 0. The molecule has 2 aromatic rings. The molecule has 0 saturated carbocycles. The highest BCUT2D eigenvalue weighted by Gasteiger charge is 2.42. The van der Waals surface area contributed by atoms with Crippen molar-refractivity contribution in [3.63, 3.8) is 0 Å². The van der Waals surface area contributed by atoms with Gasteiger partial charge in [0.25, 0.3) is 0 Å². The third-order valence-electron chi connectivity index (χ3n) is 5.89. The molecular weight excluding hydrogens is 310 g/mol. The Morgan fingerprint density at radius 1 is 1.08 bits per heavy atom. The van der Waals surface area contributed by atoms with Gasteiger partial charge in [0.05, 0.1) is 13.5 Å². The maximum atomic E-state index is 11.5. The highest BCUT2D eigenvalue weighted by Crippen LogP contribution is 2.46. The average Bonchev–Trinajstić information content (AvgIpc) is 3.07. The summed E-state index contributed by atoms with van der Waals surface area (Å²) in [6, 6.07) is 19.8. The van der Waals surface area contributed by atoms with Crippen LogP contribution in [0.4, 0.5) is 0 Å². The summed E-state index contributed by atoms with van der Waals surface area (Å²) in [6.45, 7) is 2.95. The van der Waals surface area contributed by atoms with Gasteiger partial charge in [-0.2, -0.15) is 0 Å². The Morgan fingerprint density at radius 3 is 2.64 bits per heavy atom. The lowest BCUT2D eigenvalue weighted by molar-refractivity contribution is -0.140. The van der Waals surface area contributed by atoms with Crippen molar-refractivity contribution in [1.29, 1.82) is 0 Å². The predicted molar refractivity (Wildman–Crippen MR) is 98.5 cm³/mol. The molecule has 25 heavy (non-hydrogen) atoms. The summed E-state index contributed by atoms with van der Waals surface area (Å²) in [5.74, 6) is 1.63. The number of ether oxygens (including phenoxy) is 1. The predicted octanol–water partition coefficient (Wildman–Crippen LogP) is 3.49. The van der Waals surface area contributed by atoms with Crippen molar-refractivity contribution in [3.05, 3.63) is 71.3 Å². The standard InChI is InChI=1S/C22H25NO2/c1-25-21(24)11-12-23-14-18-13-17-9-5-6-10-19(17)22(20(18)15-23)16-7-3-2-4-8-16/h2-10,18,20,22H,11-15H2,1H3. The molecule has 3 heteroatoms. The number of methoxy groups -OCH3 is 1. The van der Waals surface area contributed by atoms with E-state index in [2.05, 4.69) is 59.5 Å². The second-order valence-corrected chi connectivity index (χ2v) is 7.30. The van der Waals surface area contributed by atoms with E-state index in [0.29, 0.717) is 24.2 Å². The lowest BCUT2D eigenvalue weighted by Gasteiger charge is -2.35. The van der Waals surface area contributed by atoms with Gasteiger partial charge in [-0.15, -0.1) is 0 Å². The first-order valence-electron chi connectivity index (χ1n) is 9.18. The summed E-state index contributed by atoms with van der Waals surface area (Å²) in [4.78, 5) is 14.0. The minimum Gasteiger partial charge on any atom is -0.469 e. The molecule has 0 spiro atoms.